The summed E-state index contributed by atoms with van der Waals surface area (Å²) in [6.07, 6.45) is 6.44. The van der Waals surface area contributed by atoms with Crippen molar-refractivity contribution in [1.82, 2.24) is 30.7 Å². The van der Waals surface area contributed by atoms with E-state index < -0.39 is 0 Å². The zero-order chi connectivity index (χ0) is 51.5. The molecule has 2 amide bonds. The highest BCUT2D eigenvalue weighted by molar-refractivity contribution is 9.10. The number of anilines is 2. The molecule has 3 aliphatic rings. The molecule has 0 saturated carbocycles. The number of aromatic amines is 2. The van der Waals surface area contributed by atoms with Crippen molar-refractivity contribution in [2.75, 3.05) is 9.80 Å². The molecular weight excluding hydrogens is 971 g/mol. The topological polar surface area (TPSA) is 168 Å². The minimum Gasteiger partial charge on any atom is -0.399 e. The molecule has 2 atom stereocenters. The molecule has 0 bridgehead atoms. The molecule has 7 heterocycles. The van der Waals surface area contributed by atoms with Crippen LogP contribution in [0, 0.1) is 13.8 Å². The lowest BCUT2D eigenvalue weighted by molar-refractivity contribution is 0.00578. The second kappa shape index (κ2) is 18.9. The van der Waals surface area contributed by atoms with Gasteiger partial charge in [0.15, 0.2) is 11.4 Å². The lowest BCUT2D eigenvalue weighted by atomic mass is 9.82. The minimum atomic E-state index is -0.369. The number of halogens is 1. The first-order chi connectivity index (χ1) is 34.1. The van der Waals surface area contributed by atoms with Crippen LogP contribution in [0.5, 0.6) is 0 Å². The number of nitrogens with one attached hydrogen (secondary N) is 2. The van der Waals surface area contributed by atoms with Gasteiger partial charge < -0.3 is 18.4 Å². The van der Waals surface area contributed by atoms with Crippen LogP contribution in [-0.4, -0.2) is 60.8 Å². The lowest BCUT2D eigenvalue weighted by Gasteiger charge is -2.32. The van der Waals surface area contributed by atoms with Crippen molar-refractivity contribution in [3.8, 4) is 11.1 Å². The van der Waals surface area contributed by atoms with Crippen LogP contribution >= 0.6 is 15.9 Å². The zero-order valence-corrected chi connectivity index (χ0v) is 44.4. The van der Waals surface area contributed by atoms with Crippen LogP contribution < -0.4 is 15.3 Å². The molecule has 14 nitrogen and oxygen atoms in total. The first-order valence-electron chi connectivity index (χ1n) is 24.0. The second-order valence-corrected chi connectivity index (χ2v) is 22.5. The molecule has 1 fully saturated rings. The summed E-state index contributed by atoms with van der Waals surface area (Å²) in [6.45, 7) is 25.1. The summed E-state index contributed by atoms with van der Waals surface area (Å²) in [4.78, 5) is 30.6. The van der Waals surface area contributed by atoms with Crippen molar-refractivity contribution in [1.29, 1.82) is 0 Å². The lowest BCUT2D eigenvalue weighted by Crippen LogP contribution is -2.41. The van der Waals surface area contributed by atoms with Crippen LogP contribution in [-0.2, 0) is 20.1 Å². The molecule has 370 valence electrons. The van der Waals surface area contributed by atoms with Crippen LogP contribution in [0.2, 0.25) is 0 Å². The van der Waals surface area contributed by atoms with E-state index in [0.717, 1.165) is 77.2 Å². The van der Waals surface area contributed by atoms with Gasteiger partial charge in [-0.1, -0.05) is 128 Å². The number of H-pyrrole nitrogens is 2. The molecule has 8 aromatic rings. The normalized spacial score (nSPS) is 17.9. The van der Waals surface area contributed by atoms with Gasteiger partial charge in [-0.25, -0.2) is 0 Å². The largest absolute Gasteiger partial charge is 0.499 e. The van der Waals surface area contributed by atoms with E-state index >= 15 is 0 Å². The van der Waals surface area contributed by atoms with Gasteiger partial charge in [-0.15, -0.1) is 0 Å². The third-order valence-corrected chi connectivity index (χ3v) is 14.5. The molecule has 4 aromatic heterocycles. The quantitative estimate of drug-likeness (QED) is 0.153. The van der Waals surface area contributed by atoms with Crippen LogP contribution in [0.15, 0.2) is 136 Å². The van der Waals surface area contributed by atoms with Gasteiger partial charge in [0, 0.05) is 60.2 Å². The van der Waals surface area contributed by atoms with E-state index in [0.29, 0.717) is 11.4 Å². The van der Waals surface area contributed by atoms with Crippen molar-refractivity contribution >= 4 is 51.7 Å². The number of aromatic nitrogens is 6. The molecule has 3 aliphatic heterocycles. The Bertz CT molecular complexity index is 3210. The van der Waals surface area contributed by atoms with Gasteiger partial charge in [-0.05, 0) is 106 Å². The van der Waals surface area contributed by atoms with Gasteiger partial charge in [0.25, 0.3) is 11.8 Å². The van der Waals surface area contributed by atoms with Gasteiger partial charge >= 0.3 is 7.12 Å². The molecule has 1 saturated heterocycles. The Kier molecular flexibility index (Phi) is 13.2. The van der Waals surface area contributed by atoms with E-state index in [4.69, 9.17) is 18.4 Å². The maximum absolute atomic E-state index is 13.6. The number of hydrogen-bond donors (Lipinski definition) is 2. The van der Waals surface area contributed by atoms with Crippen LogP contribution in [0.25, 0.3) is 11.1 Å². The third-order valence-electron chi connectivity index (χ3n) is 14.0. The first kappa shape index (κ1) is 50.1. The van der Waals surface area contributed by atoms with Crippen molar-refractivity contribution in [3.05, 3.63) is 183 Å². The molecule has 72 heavy (non-hydrogen) atoms. The number of rotatable bonds is 6. The van der Waals surface area contributed by atoms with E-state index in [2.05, 4.69) is 126 Å². The minimum absolute atomic E-state index is 0.0627. The van der Waals surface area contributed by atoms with E-state index in [1.807, 2.05) is 110 Å². The van der Waals surface area contributed by atoms with Gasteiger partial charge in [0.2, 0.25) is 0 Å². The molecular formula is C56H60BBrN8O6. The van der Waals surface area contributed by atoms with Gasteiger partial charge in [-0.3, -0.25) is 29.6 Å². The monoisotopic (exact) mass is 1030 g/mol. The van der Waals surface area contributed by atoms with Crippen molar-refractivity contribution < 1.29 is 27.9 Å². The molecule has 16 heteroatoms. The second-order valence-electron chi connectivity index (χ2n) is 21.6. The fourth-order valence-electron chi connectivity index (χ4n) is 9.41. The number of amides is 2. The Balaban J connectivity index is 0.000000142. The fourth-order valence-corrected chi connectivity index (χ4v) is 9.67. The Hall–Kier alpha value is -6.88. The van der Waals surface area contributed by atoms with E-state index in [1.54, 1.807) is 24.9 Å². The number of nitrogens with zero attached hydrogens (tertiary/aromatic N) is 6. The number of fused-ring (bicyclic) bond motifs is 2. The van der Waals surface area contributed by atoms with Crippen LogP contribution in [0.1, 0.15) is 147 Å². The smallest absolute Gasteiger partial charge is 0.399 e. The Morgan fingerprint density at radius 2 is 1.01 bits per heavy atom. The fraction of sp³-hybridized carbons (Fsp3) is 0.321. The van der Waals surface area contributed by atoms with Crippen molar-refractivity contribution in [2.45, 2.75) is 117 Å². The zero-order valence-electron chi connectivity index (χ0n) is 42.8. The molecule has 0 aliphatic carbocycles. The van der Waals surface area contributed by atoms with Crippen molar-refractivity contribution in [3.63, 3.8) is 0 Å². The number of carbonyl (C=O) groups is 2. The summed E-state index contributed by atoms with van der Waals surface area (Å²) in [5.41, 5.74) is 13.0. The molecule has 2 N–H and O–H groups in total. The summed E-state index contributed by atoms with van der Waals surface area (Å²) < 4.78 is 22.3. The summed E-state index contributed by atoms with van der Waals surface area (Å²) >= 11 is 3.48. The van der Waals surface area contributed by atoms with Crippen LogP contribution in [0.4, 0.5) is 11.4 Å². The molecule has 4 aromatic carbocycles. The van der Waals surface area contributed by atoms with E-state index in [9.17, 15) is 9.59 Å². The van der Waals surface area contributed by atoms with Crippen molar-refractivity contribution in [2.24, 2.45) is 0 Å². The number of hydrogen-bond acceptors (Lipinski definition) is 10. The third kappa shape index (κ3) is 9.27. The Morgan fingerprint density at radius 3 is 1.42 bits per heavy atom. The number of carbonyl (C=O) groups excluding carboxylic acids is 2. The molecule has 2 unspecified atom stereocenters. The van der Waals surface area contributed by atoms with E-state index in [1.165, 1.54) is 0 Å². The van der Waals surface area contributed by atoms with Gasteiger partial charge in [0.05, 0.1) is 35.7 Å². The molecule has 0 radical (unpaired) electrons. The maximum atomic E-state index is 13.6. The van der Waals surface area contributed by atoms with E-state index in [-0.39, 0.29) is 53.0 Å². The van der Waals surface area contributed by atoms with Gasteiger partial charge in [-0.2, -0.15) is 10.2 Å². The first-order valence-corrected chi connectivity index (χ1v) is 24.8. The summed E-state index contributed by atoms with van der Waals surface area (Å²) in [6, 6.07) is 31.8. The van der Waals surface area contributed by atoms with Gasteiger partial charge in [0.1, 0.15) is 12.5 Å². The highest BCUT2D eigenvalue weighted by atomic mass is 79.9. The summed E-state index contributed by atoms with van der Waals surface area (Å²) in [5.74, 6) is -0.153. The average molecular weight is 1030 g/mol. The Labute approximate surface area is 429 Å². The highest BCUT2D eigenvalue weighted by Crippen LogP contribution is 2.48. The maximum Gasteiger partial charge on any atom is 0.499 e. The molecule has 0 spiro atoms. The number of benzene rings is 4. The summed E-state index contributed by atoms with van der Waals surface area (Å²) in [7, 11) is -0.369. The predicted molar refractivity (Wildman–Crippen MR) is 283 cm³/mol. The number of aryl methyl sites for hydroxylation is 2. The SMILES string of the molecule is CC1(C)OB(c2cnoc2)OC1(C)C.Cc1ccccc1C1c2c(n[nH]c2C(C)(C)C)C(=O)N1c1ccc(-c2cnoc2)cc1.Cc1ccccc1C1c2c(n[nH]c2C(C)(C)C)C(=O)N1c1ccc(Br)cc1. The standard InChI is InChI=1S/C25H24N4O2.C22H22BrN3O.C9H14BNO3/c1-15-7-5-6-8-19(15)22-20-21(27-28-23(20)25(2,3)4)24(30)29(22)18-11-9-16(10-12-18)17-13-26-31-14-17;1-13-7-5-6-8-16(13)19-17-18(24-25-20(17)22(2,3)4)21(27)26(19)15-11-9-14(23)10-12-15;1-8(2)9(3,4)14-10(13-8)7-5-11-12-6-7/h5-14,22H,1-4H3,(H,27,28);5-12,19H,1-4H3,(H,24,25);5-6H,1-4H3. The predicted octanol–water partition coefficient (Wildman–Crippen LogP) is 11.9. The Morgan fingerprint density at radius 1 is 0.583 bits per heavy atom. The highest BCUT2D eigenvalue weighted by Gasteiger charge is 2.52. The van der Waals surface area contributed by atoms with Crippen LogP contribution in [0.3, 0.4) is 0 Å². The molecule has 11 rings (SSSR count). The average Bonchev–Trinajstić information content (AvgIpc) is 4.20. The summed E-state index contributed by atoms with van der Waals surface area (Å²) in [5, 5.41) is 22.6.